The molecule has 1 saturated carbocycles. The van der Waals surface area contributed by atoms with E-state index in [-0.39, 0.29) is 0 Å². The Bertz CT molecular complexity index is 4140. The SMILES string of the molecule is C#CC#CC#CC#CC#CC#CC#CC#CC#CC#CC.C#CC#CC#CC#CC#CC#CC#CC#CC#CC#CC#C.C=CCCC.CC#CC#CC#CC#CC#CC#CC#CC#CC#CC.CCC1CC1.Cc1ccccc1. The Hall–Kier alpha value is -14.2. The highest BCUT2D eigenvalue weighted by atomic mass is 14.2. The summed E-state index contributed by atoms with van der Waals surface area (Å²) < 4.78 is 0. The summed E-state index contributed by atoms with van der Waals surface area (Å²) in [5, 5.41) is 0. The van der Waals surface area contributed by atoms with Crippen LogP contribution in [0.3, 0.4) is 0 Å². The van der Waals surface area contributed by atoms with Crippen molar-refractivity contribution in [2.75, 3.05) is 0 Å². The zero-order valence-electron chi connectivity index (χ0n) is 45.0. The lowest BCUT2D eigenvalue weighted by atomic mass is 10.2. The number of hydrogen-bond donors (Lipinski definition) is 0. The second kappa shape index (κ2) is 73.7. The van der Waals surface area contributed by atoms with Gasteiger partial charge in [-0.1, -0.05) is 99.3 Å². The molecule has 0 heterocycles. The Morgan fingerprint density at radius 2 is 0.525 bits per heavy atom. The van der Waals surface area contributed by atoms with Crippen LogP contribution in [0.5, 0.6) is 0 Å². The Morgan fingerprint density at radius 1 is 0.338 bits per heavy atom. The second-order valence-corrected chi connectivity index (χ2v) is 12.1. The van der Waals surface area contributed by atoms with Crippen LogP contribution >= 0.6 is 0 Å². The molecule has 360 valence electrons. The normalized spacial score (nSPS) is 5.69. The number of benzene rings is 1. The van der Waals surface area contributed by atoms with E-state index in [1.165, 1.54) is 31.2 Å². The van der Waals surface area contributed by atoms with Crippen LogP contribution in [0.1, 0.15) is 72.3 Å². The summed E-state index contributed by atoms with van der Waals surface area (Å²) in [4.78, 5) is 0. The Labute approximate surface area is 482 Å². The molecule has 0 amide bonds. The number of rotatable bonds is 3. The van der Waals surface area contributed by atoms with E-state index in [0.717, 1.165) is 12.3 Å². The van der Waals surface area contributed by atoms with Gasteiger partial charge >= 0.3 is 0 Å². The molecule has 0 unspecified atom stereocenters. The summed E-state index contributed by atoms with van der Waals surface area (Å²) in [5.74, 6) is 142. The van der Waals surface area contributed by atoms with Gasteiger partial charge in [-0.05, 0) is 324 Å². The molecule has 0 aromatic heterocycles. The first kappa shape index (κ1) is 72.3. The van der Waals surface area contributed by atoms with Gasteiger partial charge in [-0.25, -0.2) is 0 Å². The molecule has 0 saturated heterocycles. The zero-order chi connectivity index (χ0) is 59.2. The van der Waals surface area contributed by atoms with Crippen molar-refractivity contribution in [1.29, 1.82) is 0 Å². The van der Waals surface area contributed by atoms with Gasteiger partial charge in [0.05, 0.1) is 0 Å². The van der Waals surface area contributed by atoms with Crippen LogP contribution in [0.4, 0.5) is 0 Å². The van der Waals surface area contributed by atoms with Crippen LogP contribution in [0.2, 0.25) is 0 Å². The minimum Gasteiger partial charge on any atom is -0.106 e. The Kier molecular flexibility index (Phi) is 66.6. The van der Waals surface area contributed by atoms with Gasteiger partial charge in [0.2, 0.25) is 0 Å². The summed E-state index contributed by atoms with van der Waals surface area (Å²) >= 11 is 0. The predicted octanol–water partition coefficient (Wildman–Crippen LogP) is 7.78. The van der Waals surface area contributed by atoms with Crippen molar-refractivity contribution in [2.45, 2.75) is 73.6 Å². The average molecular weight is 1000 g/mol. The van der Waals surface area contributed by atoms with E-state index in [9.17, 15) is 0 Å². The molecule has 0 heteroatoms. The quantitative estimate of drug-likeness (QED) is 0.215. The van der Waals surface area contributed by atoms with Gasteiger partial charge < -0.3 is 0 Å². The van der Waals surface area contributed by atoms with Crippen LogP contribution in [-0.2, 0) is 0 Å². The third-order valence-electron chi connectivity index (χ3n) is 6.30. The van der Waals surface area contributed by atoms with Crippen molar-refractivity contribution in [3.63, 3.8) is 0 Å². The highest BCUT2D eigenvalue weighted by molar-refractivity contribution is 5.50. The van der Waals surface area contributed by atoms with E-state index < -0.39 is 0 Å². The largest absolute Gasteiger partial charge is 0.106 e. The number of terminal acetylenes is 3. The maximum Gasteiger partial charge on any atom is 0 e. The lowest BCUT2D eigenvalue weighted by Gasteiger charge is -1.82. The highest BCUT2D eigenvalue weighted by Crippen LogP contribution is 2.31. The van der Waals surface area contributed by atoms with Crippen LogP contribution in [0.25, 0.3) is 0 Å². The molecule has 0 N–H and O–H groups in total. The van der Waals surface area contributed by atoms with Gasteiger partial charge in [-0.15, -0.1) is 25.8 Å². The molecule has 0 spiro atoms. The summed E-state index contributed by atoms with van der Waals surface area (Å²) in [6.45, 7) is 15.1. The summed E-state index contributed by atoms with van der Waals surface area (Å²) in [6, 6.07) is 10.3. The minimum absolute atomic E-state index is 1.13. The molecule has 1 aliphatic carbocycles. The topological polar surface area (TPSA) is 0 Å². The van der Waals surface area contributed by atoms with Gasteiger partial charge in [0.1, 0.15) is 0 Å². The molecule has 0 bridgehead atoms. The highest BCUT2D eigenvalue weighted by Gasteiger charge is 2.17. The van der Waals surface area contributed by atoms with Crippen LogP contribution in [0, 0.1) is 370 Å². The molecular weight excluding hydrogens is 961 g/mol. The molecule has 0 aliphatic heterocycles. The Morgan fingerprint density at radius 3 is 0.613 bits per heavy atom. The fourth-order valence-corrected chi connectivity index (χ4v) is 2.97. The first-order valence-corrected chi connectivity index (χ1v) is 22.7. The van der Waals surface area contributed by atoms with Gasteiger partial charge in [0, 0.05) is 35.5 Å². The van der Waals surface area contributed by atoms with E-state index in [2.05, 4.69) is 377 Å². The van der Waals surface area contributed by atoms with Gasteiger partial charge in [0.25, 0.3) is 0 Å². The maximum atomic E-state index is 4.90. The van der Waals surface area contributed by atoms with Crippen molar-refractivity contribution in [2.24, 2.45) is 5.92 Å². The fraction of sp³-hybridized carbons (Fsp3) is 0.150. The van der Waals surface area contributed by atoms with Gasteiger partial charge in [-0.2, -0.15) is 0 Å². The average Bonchev–Trinajstić information content (AvgIpc) is 4.32. The van der Waals surface area contributed by atoms with E-state index in [0.29, 0.717) is 0 Å². The molecule has 0 radical (unpaired) electrons. The van der Waals surface area contributed by atoms with E-state index in [4.69, 9.17) is 19.3 Å². The zero-order valence-corrected chi connectivity index (χ0v) is 45.0. The summed E-state index contributed by atoms with van der Waals surface area (Å²) in [6.07, 6.45) is 23.4. The number of hydrogen-bond acceptors (Lipinski definition) is 0. The fourth-order valence-electron chi connectivity index (χ4n) is 2.97. The molecule has 1 aromatic carbocycles. The molecule has 0 atom stereocenters. The van der Waals surface area contributed by atoms with Crippen LogP contribution < -0.4 is 0 Å². The third-order valence-corrected chi connectivity index (χ3v) is 6.30. The van der Waals surface area contributed by atoms with Gasteiger partial charge in [-0.3, -0.25) is 0 Å². The van der Waals surface area contributed by atoms with Gasteiger partial charge in [0.15, 0.2) is 0 Å². The molecule has 0 nitrogen and oxygen atoms in total. The molecular formula is C80H40. The summed E-state index contributed by atoms with van der Waals surface area (Å²) in [5.41, 5.74) is 1.32. The van der Waals surface area contributed by atoms with Crippen molar-refractivity contribution < 1.29 is 0 Å². The molecule has 1 aromatic rings. The lowest BCUT2D eigenvalue weighted by molar-refractivity contribution is 0.799. The van der Waals surface area contributed by atoms with Crippen molar-refractivity contribution in [3.05, 3.63) is 48.6 Å². The lowest BCUT2D eigenvalue weighted by Crippen LogP contribution is -1.62. The molecule has 80 heavy (non-hydrogen) atoms. The number of allylic oxidation sites excluding steroid dienone is 1. The summed E-state index contributed by atoms with van der Waals surface area (Å²) in [7, 11) is 0. The first-order valence-electron chi connectivity index (χ1n) is 22.7. The van der Waals surface area contributed by atoms with E-state index in [1.807, 2.05) is 24.3 Å². The van der Waals surface area contributed by atoms with Crippen molar-refractivity contribution in [3.8, 4) is 357 Å². The first-order chi connectivity index (χ1) is 39.5. The maximum absolute atomic E-state index is 4.90. The third kappa shape index (κ3) is 83.8. The molecule has 2 rings (SSSR count). The van der Waals surface area contributed by atoms with Crippen LogP contribution in [-0.4, -0.2) is 0 Å². The van der Waals surface area contributed by atoms with E-state index >= 15 is 0 Å². The number of aryl methyl sites for hydroxylation is 1. The van der Waals surface area contributed by atoms with Crippen LogP contribution in [0.15, 0.2) is 43.0 Å². The molecule has 1 fully saturated rings. The Balaban J connectivity index is -0.000000469. The minimum atomic E-state index is 1.13. The van der Waals surface area contributed by atoms with Crippen molar-refractivity contribution in [1.82, 2.24) is 0 Å². The standard InChI is InChI=1S/C22H2.C21H4.C20H6.C7H8.2C5H10/c1-3-5-7-9-11-13-15-17-19-21-22-20-18-16-14-12-10-8-6-4-2;1-3-5-7-9-11-13-15-17-19-21-20-18-16-14-12-10-8-6-4-2;1-3-5-7-9-11-13-15-17-19-20-18-16-14-12-10-8-6-4-2;1-7-5-3-2-4-6-7;1-2-5-3-4-5;1-3-5-4-2/h1-2H;1H,2H3;1-2H3;2-6H,1H3;5H,2-4H2,1H3;3H,1,4-5H2,2H3. The van der Waals surface area contributed by atoms with E-state index in [1.54, 1.807) is 20.8 Å². The monoisotopic (exact) mass is 1000 g/mol. The second-order valence-electron chi connectivity index (χ2n) is 12.1. The smallest absolute Gasteiger partial charge is 0 e. The number of unbranched alkanes of at least 4 members (excludes halogenated alkanes) is 1. The predicted molar refractivity (Wildman–Crippen MR) is 333 cm³/mol. The molecule has 1 aliphatic rings. The van der Waals surface area contributed by atoms with Crippen molar-refractivity contribution >= 4 is 0 Å².